The van der Waals surface area contributed by atoms with Crippen molar-refractivity contribution in [1.29, 1.82) is 0 Å². The van der Waals surface area contributed by atoms with Gasteiger partial charge in [0, 0.05) is 11.8 Å². The van der Waals surface area contributed by atoms with Crippen molar-refractivity contribution in [1.82, 2.24) is 4.98 Å². The van der Waals surface area contributed by atoms with Gasteiger partial charge in [-0.05, 0) is 34.8 Å². The number of hydrogen-bond donors (Lipinski definition) is 1. The number of halogens is 1. The van der Waals surface area contributed by atoms with Gasteiger partial charge in [0.15, 0.2) is 9.80 Å². The molecular formula is C13H13BrN2O4S. The molecule has 21 heavy (non-hydrogen) atoms. The third-order valence-corrected chi connectivity index (χ3v) is 4.10. The van der Waals surface area contributed by atoms with Gasteiger partial charge in [0.2, 0.25) is 0 Å². The molecule has 112 valence electrons. The first-order valence-corrected chi connectivity index (χ1v) is 7.83. The highest BCUT2D eigenvalue weighted by Crippen LogP contribution is 2.21. The van der Waals surface area contributed by atoms with Crippen LogP contribution in [0.3, 0.4) is 0 Å². The van der Waals surface area contributed by atoms with Gasteiger partial charge in [0.1, 0.15) is 0 Å². The molecule has 0 aliphatic heterocycles. The van der Waals surface area contributed by atoms with Crippen molar-refractivity contribution in [2.24, 2.45) is 0 Å². The summed E-state index contributed by atoms with van der Waals surface area (Å²) in [6, 6.07) is 1.57. The van der Waals surface area contributed by atoms with Crippen LogP contribution in [0.5, 0.6) is 0 Å². The molecule has 0 radical (unpaired) electrons. The fourth-order valence-corrected chi connectivity index (χ4v) is 2.78. The van der Waals surface area contributed by atoms with Crippen molar-refractivity contribution in [2.75, 3.05) is 12.4 Å². The van der Waals surface area contributed by atoms with E-state index in [1.807, 2.05) is 5.38 Å². The van der Waals surface area contributed by atoms with E-state index in [1.165, 1.54) is 24.7 Å². The molecule has 0 bridgehead atoms. The van der Waals surface area contributed by atoms with Crippen molar-refractivity contribution in [2.45, 2.75) is 19.3 Å². The number of aromatic nitrogens is 1. The lowest BCUT2D eigenvalue weighted by Gasteiger charge is -1.99. The van der Waals surface area contributed by atoms with Crippen molar-refractivity contribution in [3.05, 3.63) is 33.6 Å². The topological polar surface area (TPSA) is 81.4 Å². The molecule has 0 unspecified atom stereocenters. The zero-order valence-corrected chi connectivity index (χ0v) is 13.6. The number of esters is 1. The highest BCUT2D eigenvalue weighted by molar-refractivity contribution is 9.10. The standard InChI is InChI=1S/C13H13BrN2O4S/c1-19-10(17)4-2-3-8-7-21-13(15-8)16-12(18)9-5-6-20-11(9)14/h5-7H,2-4H2,1H3,(H,15,16,18). The zero-order valence-electron chi connectivity index (χ0n) is 11.2. The molecule has 0 atom stereocenters. The first-order chi connectivity index (χ1) is 10.1. The Morgan fingerprint density at radius 2 is 2.33 bits per heavy atom. The van der Waals surface area contributed by atoms with Crippen LogP contribution in [0.2, 0.25) is 0 Å². The van der Waals surface area contributed by atoms with E-state index in [9.17, 15) is 9.59 Å². The van der Waals surface area contributed by atoms with Crippen LogP contribution in [0.4, 0.5) is 5.13 Å². The minimum atomic E-state index is -0.286. The molecule has 0 spiro atoms. The molecule has 2 rings (SSSR count). The van der Waals surface area contributed by atoms with E-state index in [4.69, 9.17) is 4.42 Å². The van der Waals surface area contributed by atoms with E-state index >= 15 is 0 Å². The van der Waals surface area contributed by atoms with Crippen LogP contribution >= 0.6 is 27.3 Å². The van der Waals surface area contributed by atoms with Gasteiger partial charge in [-0.1, -0.05) is 0 Å². The highest BCUT2D eigenvalue weighted by Gasteiger charge is 2.14. The van der Waals surface area contributed by atoms with E-state index in [-0.39, 0.29) is 11.9 Å². The van der Waals surface area contributed by atoms with Gasteiger partial charge in [0.25, 0.3) is 5.91 Å². The number of methoxy groups -OCH3 is 1. The maximum Gasteiger partial charge on any atom is 0.305 e. The number of amides is 1. The Labute approximate surface area is 133 Å². The number of thiazole rings is 1. The number of furan rings is 1. The molecular weight excluding hydrogens is 360 g/mol. The number of anilines is 1. The smallest absolute Gasteiger partial charge is 0.305 e. The van der Waals surface area contributed by atoms with Gasteiger partial charge in [-0.15, -0.1) is 11.3 Å². The number of nitrogens with one attached hydrogen (secondary N) is 1. The van der Waals surface area contributed by atoms with E-state index in [1.54, 1.807) is 6.07 Å². The third-order valence-electron chi connectivity index (χ3n) is 2.68. The van der Waals surface area contributed by atoms with E-state index in [2.05, 4.69) is 31.0 Å². The fourth-order valence-electron chi connectivity index (χ4n) is 1.62. The SMILES string of the molecule is COC(=O)CCCc1csc(NC(=O)c2ccoc2Br)n1. The summed E-state index contributed by atoms with van der Waals surface area (Å²) in [7, 11) is 1.37. The molecule has 2 heterocycles. The molecule has 0 fully saturated rings. The number of carbonyl (C=O) groups excluding carboxylic acids is 2. The van der Waals surface area contributed by atoms with Gasteiger partial charge in [-0.2, -0.15) is 0 Å². The van der Waals surface area contributed by atoms with Crippen molar-refractivity contribution >= 4 is 44.3 Å². The quantitative estimate of drug-likeness (QED) is 0.787. The molecule has 0 saturated carbocycles. The second-order valence-electron chi connectivity index (χ2n) is 4.14. The molecule has 2 aromatic heterocycles. The molecule has 2 aromatic rings. The summed E-state index contributed by atoms with van der Waals surface area (Å²) < 4.78 is 9.97. The predicted octanol–water partition coefficient (Wildman–Crippen LogP) is 3.25. The van der Waals surface area contributed by atoms with Crippen LogP contribution in [-0.4, -0.2) is 24.0 Å². The normalized spacial score (nSPS) is 10.4. The summed E-state index contributed by atoms with van der Waals surface area (Å²) in [6.07, 6.45) is 3.12. The predicted molar refractivity (Wildman–Crippen MR) is 81.4 cm³/mol. The molecule has 0 aliphatic carbocycles. The molecule has 0 aromatic carbocycles. The first-order valence-electron chi connectivity index (χ1n) is 6.15. The van der Waals surface area contributed by atoms with Gasteiger partial charge in [-0.3, -0.25) is 14.9 Å². The minimum Gasteiger partial charge on any atom is -0.469 e. The van der Waals surface area contributed by atoms with Gasteiger partial charge in [0.05, 0.1) is 24.6 Å². The Hall–Kier alpha value is -1.67. The zero-order chi connectivity index (χ0) is 15.2. The lowest BCUT2D eigenvalue weighted by Crippen LogP contribution is -2.11. The number of ether oxygens (including phenoxy) is 1. The summed E-state index contributed by atoms with van der Waals surface area (Å²) in [5.41, 5.74) is 1.25. The van der Waals surface area contributed by atoms with Crippen LogP contribution in [0.15, 0.2) is 26.8 Å². The molecule has 1 N–H and O–H groups in total. The van der Waals surface area contributed by atoms with Crippen LogP contribution in [-0.2, 0) is 16.0 Å². The maximum absolute atomic E-state index is 12.0. The largest absolute Gasteiger partial charge is 0.469 e. The third kappa shape index (κ3) is 4.40. The molecule has 1 amide bonds. The summed E-state index contributed by atoms with van der Waals surface area (Å²) in [5.74, 6) is -0.519. The summed E-state index contributed by atoms with van der Waals surface area (Å²) in [4.78, 5) is 27.3. The van der Waals surface area contributed by atoms with Crippen molar-refractivity contribution in [3.8, 4) is 0 Å². The number of rotatable bonds is 6. The average Bonchev–Trinajstić information content (AvgIpc) is 3.07. The lowest BCUT2D eigenvalue weighted by atomic mass is 10.2. The summed E-state index contributed by atoms with van der Waals surface area (Å²) in [6.45, 7) is 0. The Balaban J connectivity index is 1.87. The van der Waals surface area contributed by atoms with Crippen LogP contribution in [0, 0.1) is 0 Å². The summed E-state index contributed by atoms with van der Waals surface area (Å²) >= 11 is 4.49. The Morgan fingerprint density at radius 3 is 3.00 bits per heavy atom. The van der Waals surface area contributed by atoms with Crippen molar-refractivity contribution in [3.63, 3.8) is 0 Å². The maximum atomic E-state index is 12.0. The number of nitrogens with zero attached hydrogens (tertiary/aromatic N) is 1. The Morgan fingerprint density at radius 1 is 1.52 bits per heavy atom. The van der Waals surface area contributed by atoms with E-state index in [0.717, 1.165) is 5.69 Å². The minimum absolute atomic E-state index is 0.233. The summed E-state index contributed by atoms with van der Waals surface area (Å²) in [5, 5.41) is 5.08. The van der Waals surface area contributed by atoms with Gasteiger partial charge < -0.3 is 9.15 Å². The monoisotopic (exact) mass is 372 g/mol. The highest BCUT2D eigenvalue weighted by atomic mass is 79.9. The van der Waals surface area contributed by atoms with Crippen LogP contribution in [0.1, 0.15) is 28.9 Å². The molecule has 6 nitrogen and oxygen atoms in total. The number of carbonyl (C=O) groups is 2. The van der Waals surface area contributed by atoms with Crippen molar-refractivity contribution < 1.29 is 18.7 Å². The van der Waals surface area contributed by atoms with E-state index < -0.39 is 0 Å². The molecule has 8 heteroatoms. The molecule has 0 saturated heterocycles. The number of hydrogen-bond acceptors (Lipinski definition) is 6. The van der Waals surface area contributed by atoms with Gasteiger partial charge in [-0.25, -0.2) is 4.98 Å². The van der Waals surface area contributed by atoms with Gasteiger partial charge >= 0.3 is 5.97 Å². The number of aryl methyl sites for hydroxylation is 1. The first kappa shape index (κ1) is 15.7. The lowest BCUT2D eigenvalue weighted by molar-refractivity contribution is -0.140. The Bertz CT molecular complexity index is 638. The van der Waals surface area contributed by atoms with E-state index in [0.29, 0.717) is 34.6 Å². The molecule has 0 aliphatic rings. The Kier molecular flexibility index (Phi) is 5.51. The second-order valence-corrected chi connectivity index (χ2v) is 5.71. The average molecular weight is 373 g/mol. The van der Waals surface area contributed by atoms with Crippen LogP contribution in [0.25, 0.3) is 0 Å². The fraction of sp³-hybridized carbons (Fsp3) is 0.308. The second kappa shape index (κ2) is 7.37. The van der Waals surface area contributed by atoms with Crippen LogP contribution < -0.4 is 5.32 Å².